The van der Waals surface area contributed by atoms with E-state index in [1.807, 2.05) is 42.5 Å². The Kier molecular flexibility index (Phi) is 5.91. The molecule has 0 bridgehead atoms. The number of piperidine rings is 1. The fourth-order valence-electron chi connectivity index (χ4n) is 4.28. The monoisotopic (exact) mass is 403 g/mol. The molecule has 1 saturated heterocycles. The molecular weight excluding hydrogens is 377 g/mol. The predicted octanol–water partition coefficient (Wildman–Crippen LogP) is 4.20. The van der Waals surface area contributed by atoms with Gasteiger partial charge in [0.1, 0.15) is 5.82 Å². The van der Waals surface area contributed by atoms with Crippen LogP contribution in [0.2, 0.25) is 0 Å². The summed E-state index contributed by atoms with van der Waals surface area (Å²) in [6.07, 6.45) is 5.70. The van der Waals surface area contributed by atoms with Crippen LogP contribution in [0.4, 0.5) is 4.39 Å². The van der Waals surface area contributed by atoms with Gasteiger partial charge in [-0.1, -0.05) is 42.5 Å². The minimum Gasteiger partial charge on any atom is -0.369 e. The molecule has 4 nitrogen and oxygen atoms in total. The molecule has 1 aliphatic heterocycles. The minimum atomic E-state index is -0.533. The summed E-state index contributed by atoms with van der Waals surface area (Å²) in [5.74, 6) is -0.468. The van der Waals surface area contributed by atoms with Crippen molar-refractivity contribution in [2.24, 2.45) is 11.1 Å². The van der Waals surface area contributed by atoms with Gasteiger partial charge in [0.15, 0.2) is 0 Å². The van der Waals surface area contributed by atoms with Gasteiger partial charge >= 0.3 is 0 Å². The zero-order valence-electron chi connectivity index (χ0n) is 16.9. The number of pyridine rings is 1. The van der Waals surface area contributed by atoms with Crippen LogP contribution in [0, 0.1) is 11.2 Å². The molecule has 30 heavy (non-hydrogen) atoms. The maximum atomic E-state index is 14.0. The van der Waals surface area contributed by atoms with Crippen LogP contribution in [0.15, 0.2) is 73.1 Å². The highest BCUT2D eigenvalue weighted by atomic mass is 19.1. The van der Waals surface area contributed by atoms with Crippen molar-refractivity contribution in [1.82, 2.24) is 9.88 Å². The quantitative estimate of drug-likeness (QED) is 0.671. The number of hydrogen-bond acceptors (Lipinski definition) is 3. The maximum absolute atomic E-state index is 14.0. The number of rotatable bonds is 6. The van der Waals surface area contributed by atoms with Crippen molar-refractivity contribution in [1.29, 1.82) is 0 Å². The molecule has 2 N–H and O–H groups in total. The average molecular weight is 404 g/mol. The third-order valence-electron chi connectivity index (χ3n) is 6.17. The topological polar surface area (TPSA) is 59.2 Å². The number of nitrogens with two attached hydrogens (primary N) is 1. The fourth-order valence-corrected chi connectivity index (χ4v) is 4.28. The number of hydrogen-bond donors (Lipinski definition) is 1. The van der Waals surface area contributed by atoms with Crippen molar-refractivity contribution in [3.05, 3.63) is 90.0 Å². The summed E-state index contributed by atoms with van der Waals surface area (Å²) < 4.78 is 14.0. The molecule has 0 saturated carbocycles. The van der Waals surface area contributed by atoms with E-state index in [0.717, 1.165) is 43.6 Å². The summed E-state index contributed by atoms with van der Waals surface area (Å²) in [4.78, 5) is 18.8. The number of aromatic nitrogens is 1. The SMILES string of the molecule is NC(=O)C1(Cc2ccc(-c3ccccc3F)cc2)CCN(Cc2ccncc2)CC1. The molecule has 0 atom stereocenters. The molecule has 1 fully saturated rings. The highest BCUT2D eigenvalue weighted by Crippen LogP contribution is 2.36. The van der Waals surface area contributed by atoms with E-state index < -0.39 is 5.41 Å². The predicted molar refractivity (Wildman–Crippen MR) is 116 cm³/mol. The van der Waals surface area contributed by atoms with Gasteiger partial charge in [0, 0.05) is 24.5 Å². The van der Waals surface area contributed by atoms with Gasteiger partial charge in [-0.05, 0) is 67.2 Å². The third kappa shape index (κ3) is 4.41. The lowest BCUT2D eigenvalue weighted by atomic mass is 9.73. The van der Waals surface area contributed by atoms with E-state index >= 15 is 0 Å². The fraction of sp³-hybridized carbons (Fsp3) is 0.280. The van der Waals surface area contributed by atoms with E-state index in [9.17, 15) is 9.18 Å². The lowest BCUT2D eigenvalue weighted by Crippen LogP contribution is -2.48. The van der Waals surface area contributed by atoms with Gasteiger partial charge in [0.25, 0.3) is 0 Å². The van der Waals surface area contributed by atoms with Gasteiger partial charge in [-0.3, -0.25) is 14.7 Å². The normalized spacial score (nSPS) is 16.3. The number of halogens is 1. The minimum absolute atomic E-state index is 0.232. The van der Waals surface area contributed by atoms with Crippen molar-refractivity contribution >= 4 is 5.91 Å². The van der Waals surface area contributed by atoms with Gasteiger partial charge in [0.05, 0.1) is 5.41 Å². The molecule has 2 aromatic carbocycles. The number of likely N-dealkylation sites (tertiary alicyclic amines) is 1. The third-order valence-corrected chi connectivity index (χ3v) is 6.17. The number of nitrogens with zero attached hydrogens (tertiary/aromatic N) is 2. The van der Waals surface area contributed by atoms with Crippen molar-refractivity contribution in [2.75, 3.05) is 13.1 Å². The molecule has 0 unspecified atom stereocenters. The molecule has 4 rings (SSSR count). The van der Waals surface area contributed by atoms with Crippen molar-refractivity contribution in [2.45, 2.75) is 25.8 Å². The zero-order valence-corrected chi connectivity index (χ0v) is 16.9. The van der Waals surface area contributed by atoms with Crippen LogP contribution in [0.25, 0.3) is 11.1 Å². The first kappa shape index (κ1) is 20.2. The van der Waals surface area contributed by atoms with Crippen LogP contribution in [0.1, 0.15) is 24.0 Å². The Labute approximate surface area is 176 Å². The highest BCUT2D eigenvalue weighted by Gasteiger charge is 2.39. The largest absolute Gasteiger partial charge is 0.369 e. The summed E-state index contributed by atoms with van der Waals surface area (Å²) in [6.45, 7) is 2.52. The zero-order chi connectivity index (χ0) is 21.0. The van der Waals surface area contributed by atoms with Crippen LogP contribution >= 0.6 is 0 Å². The second-order valence-electron chi connectivity index (χ2n) is 8.13. The first-order chi connectivity index (χ1) is 14.6. The molecule has 154 valence electrons. The first-order valence-corrected chi connectivity index (χ1v) is 10.3. The van der Waals surface area contributed by atoms with Gasteiger partial charge in [-0.15, -0.1) is 0 Å². The average Bonchev–Trinajstić information content (AvgIpc) is 2.77. The molecule has 0 aliphatic carbocycles. The Bertz CT molecular complexity index is 996. The van der Waals surface area contributed by atoms with E-state index in [-0.39, 0.29) is 11.7 Å². The van der Waals surface area contributed by atoms with E-state index in [1.54, 1.807) is 24.5 Å². The Morgan fingerprint density at radius 3 is 2.27 bits per heavy atom. The number of carbonyl (C=O) groups excluding carboxylic acids is 1. The summed E-state index contributed by atoms with van der Waals surface area (Å²) >= 11 is 0. The summed E-state index contributed by atoms with van der Waals surface area (Å²) in [7, 11) is 0. The summed E-state index contributed by atoms with van der Waals surface area (Å²) in [5.41, 5.74) is 9.03. The van der Waals surface area contributed by atoms with E-state index in [0.29, 0.717) is 12.0 Å². The van der Waals surface area contributed by atoms with Crippen LogP contribution in [-0.2, 0) is 17.8 Å². The molecule has 1 aromatic heterocycles. The second kappa shape index (κ2) is 8.76. The summed E-state index contributed by atoms with van der Waals surface area (Å²) in [6, 6.07) is 18.6. The lowest BCUT2D eigenvalue weighted by Gasteiger charge is -2.40. The molecular formula is C25H26FN3O. The number of primary amides is 1. The van der Waals surface area contributed by atoms with Crippen LogP contribution in [0.3, 0.4) is 0 Å². The van der Waals surface area contributed by atoms with Gasteiger partial charge < -0.3 is 5.73 Å². The number of benzene rings is 2. The Hall–Kier alpha value is -3.05. The van der Waals surface area contributed by atoms with Crippen LogP contribution < -0.4 is 5.73 Å². The molecule has 3 aromatic rings. The number of amides is 1. The molecule has 5 heteroatoms. The van der Waals surface area contributed by atoms with Crippen molar-refractivity contribution in [3.63, 3.8) is 0 Å². The number of carbonyl (C=O) groups is 1. The maximum Gasteiger partial charge on any atom is 0.224 e. The van der Waals surface area contributed by atoms with Crippen LogP contribution in [0.5, 0.6) is 0 Å². The van der Waals surface area contributed by atoms with Gasteiger partial charge in [-0.2, -0.15) is 0 Å². The smallest absolute Gasteiger partial charge is 0.224 e. The lowest BCUT2D eigenvalue weighted by molar-refractivity contribution is -0.130. The van der Waals surface area contributed by atoms with Crippen molar-refractivity contribution in [3.8, 4) is 11.1 Å². The molecule has 0 spiro atoms. The van der Waals surface area contributed by atoms with Gasteiger partial charge in [0.2, 0.25) is 5.91 Å². The molecule has 0 radical (unpaired) electrons. The highest BCUT2D eigenvalue weighted by molar-refractivity contribution is 5.81. The van der Waals surface area contributed by atoms with Gasteiger partial charge in [-0.25, -0.2) is 4.39 Å². The van der Waals surface area contributed by atoms with E-state index in [1.165, 1.54) is 11.6 Å². The Morgan fingerprint density at radius 1 is 0.967 bits per heavy atom. The first-order valence-electron chi connectivity index (χ1n) is 10.3. The second-order valence-corrected chi connectivity index (χ2v) is 8.13. The summed E-state index contributed by atoms with van der Waals surface area (Å²) in [5, 5.41) is 0. The van der Waals surface area contributed by atoms with Crippen molar-refractivity contribution < 1.29 is 9.18 Å². The molecule has 2 heterocycles. The molecule has 1 amide bonds. The Morgan fingerprint density at radius 2 is 1.63 bits per heavy atom. The Balaban J connectivity index is 1.44. The van der Waals surface area contributed by atoms with E-state index in [2.05, 4.69) is 9.88 Å². The van der Waals surface area contributed by atoms with Crippen LogP contribution in [-0.4, -0.2) is 28.9 Å². The standard InChI is InChI=1S/C25H26FN3O/c26-23-4-2-1-3-22(23)21-7-5-19(6-8-21)17-25(24(27)30)11-15-29(16-12-25)18-20-9-13-28-14-10-20/h1-10,13-14H,11-12,15-18H2,(H2,27,30). The van der Waals surface area contributed by atoms with E-state index in [4.69, 9.17) is 5.73 Å². The molecule has 1 aliphatic rings.